The molecule has 2 heterocycles. The van der Waals surface area contributed by atoms with E-state index in [2.05, 4.69) is 9.62 Å². The van der Waals surface area contributed by atoms with Crippen LogP contribution in [0, 0.1) is 0 Å². The molecule has 120 valence electrons. The Morgan fingerprint density at radius 3 is 2.83 bits per heavy atom. The smallest absolute Gasteiger partial charge is 0.244 e. The Morgan fingerprint density at radius 1 is 1.17 bits per heavy atom. The Kier molecular flexibility index (Phi) is 3.48. The van der Waals surface area contributed by atoms with Crippen molar-refractivity contribution in [2.45, 2.75) is 23.9 Å². The molecule has 0 aliphatic carbocycles. The van der Waals surface area contributed by atoms with Gasteiger partial charge in [0.25, 0.3) is 0 Å². The molecule has 2 aliphatic heterocycles. The molecular formula is C16H15ClN2O3S. The van der Waals surface area contributed by atoms with Crippen LogP contribution in [0.3, 0.4) is 0 Å². The van der Waals surface area contributed by atoms with Crippen LogP contribution < -0.4 is 14.4 Å². The van der Waals surface area contributed by atoms with Gasteiger partial charge in [-0.3, -0.25) is 0 Å². The second-order valence-electron chi connectivity index (χ2n) is 5.66. The Labute approximate surface area is 139 Å². The molecule has 0 bridgehead atoms. The van der Waals surface area contributed by atoms with Crippen LogP contribution in [0.2, 0.25) is 5.02 Å². The fourth-order valence-electron chi connectivity index (χ4n) is 3.10. The van der Waals surface area contributed by atoms with Gasteiger partial charge < -0.3 is 9.64 Å². The summed E-state index contributed by atoms with van der Waals surface area (Å²) in [6.45, 7) is 0.856. The zero-order valence-corrected chi connectivity index (χ0v) is 13.8. The quantitative estimate of drug-likeness (QED) is 0.902. The molecule has 0 radical (unpaired) electrons. The summed E-state index contributed by atoms with van der Waals surface area (Å²) in [6, 6.07) is 12.2. The number of sulfonamides is 1. The third kappa shape index (κ3) is 2.67. The molecule has 2 aromatic carbocycles. The first-order valence-electron chi connectivity index (χ1n) is 7.39. The van der Waals surface area contributed by atoms with Crippen LogP contribution in [-0.2, 0) is 10.0 Å². The topological polar surface area (TPSA) is 58.6 Å². The van der Waals surface area contributed by atoms with Gasteiger partial charge in [0.1, 0.15) is 16.4 Å². The summed E-state index contributed by atoms with van der Waals surface area (Å²) >= 11 is 5.94. The number of hydrogen-bond donors (Lipinski definition) is 1. The van der Waals surface area contributed by atoms with E-state index in [1.54, 1.807) is 36.4 Å². The third-order valence-electron chi connectivity index (χ3n) is 4.11. The molecule has 1 unspecified atom stereocenters. The Balaban J connectivity index is 1.73. The summed E-state index contributed by atoms with van der Waals surface area (Å²) in [6.07, 6.45) is 1.68. The van der Waals surface area contributed by atoms with E-state index in [0.717, 1.165) is 25.1 Å². The number of nitrogens with zero attached hydrogens (tertiary/aromatic N) is 1. The number of halogens is 1. The monoisotopic (exact) mass is 350 g/mol. The average Bonchev–Trinajstić information content (AvgIpc) is 2.95. The van der Waals surface area contributed by atoms with Crippen molar-refractivity contribution in [3.05, 3.63) is 47.5 Å². The predicted molar refractivity (Wildman–Crippen MR) is 88.7 cm³/mol. The molecule has 1 atom stereocenters. The summed E-state index contributed by atoms with van der Waals surface area (Å²) in [5.74, 6) is 1.03. The number of anilines is 1. The van der Waals surface area contributed by atoms with Crippen LogP contribution in [0.25, 0.3) is 0 Å². The molecule has 1 saturated heterocycles. The maximum atomic E-state index is 12.5. The number of fused-ring (bicyclic) bond motifs is 3. The van der Waals surface area contributed by atoms with Gasteiger partial charge in [-0.25, -0.2) is 8.42 Å². The lowest BCUT2D eigenvalue weighted by Gasteiger charge is -2.33. The van der Waals surface area contributed by atoms with Crippen molar-refractivity contribution in [3.63, 3.8) is 0 Å². The fourth-order valence-corrected chi connectivity index (χ4v) is 4.74. The van der Waals surface area contributed by atoms with Gasteiger partial charge in [-0.2, -0.15) is 4.72 Å². The maximum absolute atomic E-state index is 12.5. The van der Waals surface area contributed by atoms with Gasteiger partial charge in [-0.05, 0) is 43.2 Å². The van der Waals surface area contributed by atoms with Gasteiger partial charge in [-0.1, -0.05) is 17.7 Å². The van der Waals surface area contributed by atoms with Gasteiger partial charge >= 0.3 is 0 Å². The second kappa shape index (κ2) is 5.40. The highest BCUT2D eigenvalue weighted by molar-refractivity contribution is 7.89. The molecule has 4 rings (SSSR count). The van der Waals surface area contributed by atoms with Gasteiger partial charge in [0.2, 0.25) is 10.0 Å². The highest BCUT2D eigenvalue weighted by Crippen LogP contribution is 2.38. The Hall–Kier alpha value is -1.76. The number of nitrogens with one attached hydrogen (secondary N) is 1. The van der Waals surface area contributed by atoms with Crippen LogP contribution in [0.15, 0.2) is 47.4 Å². The highest BCUT2D eigenvalue weighted by atomic mass is 35.5. The predicted octanol–water partition coefficient (Wildman–Crippen LogP) is 3.35. The van der Waals surface area contributed by atoms with E-state index in [1.165, 1.54) is 0 Å². The molecular weight excluding hydrogens is 336 g/mol. The van der Waals surface area contributed by atoms with Crippen molar-refractivity contribution in [3.8, 4) is 11.5 Å². The first-order chi connectivity index (χ1) is 11.0. The van der Waals surface area contributed by atoms with E-state index in [4.69, 9.17) is 16.3 Å². The fraction of sp³-hybridized carbons (Fsp3) is 0.250. The number of ether oxygens (including phenoxy) is 1. The van der Waals surface area contributed by atoms with Crippen LogP contribution in [-0.4, -0.2) is 21.1 Å². The van der Waals surface area contributed by atoms with E-state index in [0.29, 0.717) is 16.5 Å². The number of benzene rings is 2. The van der Waals surface area contributed by atoms with Gasteiger partial charge in [-0.15, -0.1) is 0 Å². The van der Waals surface area contributed by atoms with E-state index in [9.17, 15) is 8.42 Å². The van der Waals surface area contributed by atoms with Crippen molar-refractivity contribution < 1.29 is 13.2 Å². The molecule has 7 heteroatoms. The molecule has 1 fully saturated rings. The highest BCUT2D eigenvalue weighted by Gasteiger charge is 2.37. The average molecular weight is 351 g/mol. The first-order valence-corrected chi connectivity index (χ1v) is 9.25. The lowest BCUT2D eigenvalue weighted by molar-refractivity contribution is 0.479. The molecule has 0 spiro atoms. The van der Waals surface area contributed by atoms with E-state index < -0.39 is 10.0 Å². The Bertz CT molecular complexity index is 869. The first kappa shape index (κ1) is 14.8. The molecule has 0 saturated carbocycles. The normalized spacial score (nSPS) is 21.6. The largest absolute Gasteiger partial charge is 0.457 e. The zero-order chi connectivity index (χ0) is 16.0. The summed E-state index contributed by atoms with van der Waals surface area (Å²) < 4.78 is 33.4. The van der Waals surface area contributed by atoms with Crippen molar-refractivity contribution in [1.82, 2.24) is 4.72 Å². The number of hydrogen-bond acceptors (Lipinski definition) is 4. The van der Waals surface area contributed by atoms with Crippen molar-refractivity contribution in [1.29, 1.82) is 0 Å². The molecule has 2 aliphatic rings. The summed E-state index contributed by atoms with van der Waals surface area (Å²) in [5.41, 5.74) is 0.740. The van der Waals surface area contributed by atoms with Crippen LogP contribution in [0.5, 0.6) is 11.5 Å². The zero-order valence-electron chi connectivity index (χ0n) is 12.2. The molecule has 0 amide bonds. The summed E-state index contributed by atoms with van der Waals surface area (Å²) in [7, 11) is -3.52. The lowest BCUT2D eigenvalue weighted by Crippen LogP contribution is -2.48. The van der Waals surface area contributed by atoms with Gasteiger partial charge in [0, 0.05) is 17.6 Å². The lowest BCUT2D eigenvalue weighted by atomic mass is 10.2. The second-order valence-corrected chi connectivity index (χ2v) is 7.78. The minimum absolute atomic E-state index is 0.132. The minimum Gasteiger partial charge on any atom is -0.457 e. The SMILES string of the molecule is O=S1(=O)NC2CCCN2c2ccc(Oc3cccc(Cl)c3)cc21. The van der Waals surface area contributed by atoms with Gasteiger partial charge in [0.15, 0.2) is 0 Å². The summed E-state index contributed by atoms with van der Waals surface area (Å²) in [5, 5.41) is 0.564. The summed E-state index contributed by atoms with van der Waals surface area (Å²) in [4.78, 5) is 2.36. The van der Waals surface area contributed by atoms with Crippen molar-refractivity contribution in [2.75, 3.05) is 11.4 Å². The maximum Gasteiger partial charge on any atom is 0.244 e. The molecule has 1 N–H and O–H groups in total. The van der Waals surface area contributed by atoms with E-state index in [1.807, 2.05) is 6.07 Å². The van der Waals surface area contributed by atoms with Crippen LogP contribution in [0.1, 0.15) is 12.8 Å². The number of rotatable bonds is 2. The molecule has 23 heavy (non-hydrogen) atoms. The van der Waals surface area contributed by atoms with Gasteiger partial charge in [0.05, 0.1) is 11.9 Å². The molecule has 5 nitrogen and oxygen atoms in total. The standard InChI is InChI=1S/C16H15ClN2O3S/c17-11-3-1-4-12(9-11)22-13-6-7-14-15(10-13)23(20,21)18-16-5-2-8-19(14)16/h1,3-4,6-7,9-10,16,18H,2,5,8H2. The third-order valence-corrected chi connectivity index (χ3v) is 5.83. The van der Waals surface area contributed by atoms with Crippen LogP contribution in [0.4, 0.5) is 5.69 Å². The minimum atomic E-state index is -3.52. The van der Waals surface area contributed by atoms with Crippen LogP contribution >= 0.6 is 11.6 Å². The van der Waals surface area contributed by atoms with E-state index >= 15 is 0 Å². The van der Waals surface area contributed by atoms with E-state index in [-0.39, 0.29) is 11.1 Å². The molecule has 0 aromatic heterocycles. The van der Waals surface area contributed by atoms with Crippen molar-refractivity contribution >= 4 is 27.3 Å². The Morgan fingerprint density at radius 2 is 2.00 bits per heavy atom. The van der Waals surface area contributed by atoms with Crippen molar-refractivity contribution in [2.24, 2.45) is 0 Å². The molecule has 2 aromatic rings.